The fraction of sp³-hybridized carbons (Fsp3) is 0.867. The van der Waals surface area contributed by atoms with Gasteiger partial charge in [-0.3, -0.25) is 4.79 Å². The molecule has 0 atom stereocenters. The van der Waals surface area contributed by atoms with Crippen LogP contribution in [0, 0.1) is 11.8 Å². The van der Waals surface area contributed by atoms with E-state index in [-0.39, 0.29) is 11.7 Å². The van der Waals surface area contributed by atoms with Crippen LogP contribution in [0.25, 0.3) is 0 Å². The lowest BCUT2D eigenvalue weighted by molar-refractivity contribution is -0.149. The summed E-state index contributed by atoms with van der Waals surface area (Å²) in [5.41, 5.74) is -1.31. The molecule has 128 valence electrons. The van der Waals surface area contributed by atoms with E-state index in [4.69, 9.17) is 0 Å². The van der Waals surface area contributed by atoms with Crippen molar-refractivity contribution in [1.82, 2.24) is 5.32 Å². The number of amides is 1. The van der Waals surface area contributed by atoms with Crippen LogP contribution < -0.4 is 5.32 Å². The zero-order chi connectivity index (χ0) is 17.0. The Morgan fingerprint density at radius 2 is 1.82 bits per heavy atom. The number of hydrogen-bond acceptors (Lipinski definition) is 4. The summed E-state index contributed by atoms with van der Waals surface area (Å²) in [4.78, 5) is 23.6. The number of carboxylic acid groups (broad SMARTS) is 1. The molecule has 0 aliphatic heterocycles. The molecule has 2 N–H and O–H groups in total. The van der Waals surface area contributed by atoms with Crippen LogP contribution in [-0.2, 0) is 19.4 Å². The maximum absolute atomic E-state index is 12.0. The topological polar surface area (TPSA) is 101 Å². The summed E-state index contributed by atoms with van der Waals surface area (Å²) in [6.07, 6.45) is 3.18. The third-order valence-corrected chi connectivity index (χ3v) is 6.14. The van der Waals surface area contributed by atoms with Crippen molar-refractivity contribution < 1.29 is 23.1 Å². The molecule has 22 heavy (non-hydrogen) atoms. The summed E-state index contributed by atoms with van der Waals surface area (Å²) in [6.45, 7) is 5.59. The highest BCUT2D eigenvalue weighted by Crippen LogP contribution is 2.34. The molecule has 0 aromatic carbocycles. The number of hydrogen-bond donors (Lipinski definition) is 2. The first-order chi connectivity index (χ1) is 10.1. The quantitative estimate of drug-likeness (QED) is 0.737. The Balaban J connectivity index is 2.72. The Hall–Kier alpha value is -1.11. The number of carboxylic acids is 1. The molecule has 0 saturated heterocycles. The number of sulfone groups is 1. The summed E-state index contributed by atoms with van der Waals surface area (Å²) in [5, 5.41) is 12.0. The average Bonchev–Trinajstić information content (AvgIpc) is 2.36. The molecule has 1 aliphatic carbocycles. The van der Waals surface area contributed by atoms with Gasteiger partial charge >= 0.3 is 5.97 Å². The van der Waals surface area contributed by atoms with Crippen molar-refractivity contribution in [3.05, 3.63) is 0 Å². The third kappa shape index (κ3) is 5.26. The molecule has 1 rings (SSSR count). The molecule has 0 bridgehead atoms. The number of nitrogens with one attached hydrogen (secondary N) is 1. The van der Waals surface area contributed by atoms with Crippen LogP contribution >= 0.6 is 0 Å². The third-order valence-electron chi connectivity index (χ3n) is 4.26. The number of carbonyl (C=O) groups excluding carboxylic acids is 1. The second kappa shape index (κ2) is 7.44. The fourth-order valence-corrected chi connectivity index (χ4v) is 4.65. The molecule has 1 amide bonds. The second-order valence-electron chi connectivity index (χ2n) is 6.74. The lowest BCUT2D eigenvalue weighted by Gasteiger charge is -2.37. The Morgan fingerprint density at radius 1 is 1.27 bits per heavy atom. The smallest absolute Gasteiger partial charge is 0.329 e. The Morgan fingerprint density at radius 3 is 2.23 bits per heavy atom. The highest BCUT2D eigenvalue weighted by Gasteiger charge is 2.43. The van der Waals surface area contributed by atoms with Gasteiger partial charge in [0.2, 0.25) is 5.91 Å². The number of rotatable bonds is 7. The van der Waals surface area contributed by atoms with E-state index in [1.165, 1.54) is 0 Å². The van der Waals surface area contributed by atoms with E-state index in [1.54, 1.807) is 13.8 Å². The van der Waals surface area contributed by atoms with Gasteiger partial charge in [0, 0.05) is 0 Å². The van der Waals surface area contributed by atoms with Gasteiger partial charge in [-0.1, -0.05) is 27.2 Å². The van der Waals surface area contributed by atoms with Crippen molar-refractivity contribution in [2.24, 2.45) is 11.8 Å². The van der Waals surface area contributed by atoms with Crippen LogP contribution in [-0.4, -0.2) is 42.4 Å². The van der Waals surface area contributed by atoms with Crippen molar-refractivity contribution in [3.63, 3.8) is 0 Å². The minimum absolute atomic E-state index is 0.0637. The van der Waals surface area contributed by atoms with E-state index in [2.05, 4.69) is 12.2 Å². The van der Waals surface area contributed by atoms with Crippen LogP contribution in [0.15, 0.2) is 0 Å². The van der Waals surface area contributed by atoms with Crippen LogP contribution in [0.5, 0.6) is 0 Å². The Kier molecular flexibility index (Phi) is 6.40. The minimum atomic E-state index is -3.50. The van der Waals surface area contributed by atoms with Gasteiger partial charge in [0.25, 0.3) is 0 Å². The van der Waals surface area contributed by atoms with E-state index in [0.29, 0.717) is 18.8 Å². The molecule has 0 aromatic heterocycles. The summed E-state index contributed by atoms with van der Waals surface area (Å²) >= 11 is 0. The van der Waals surface area contributed by atoms with Crippen molar-refractivity contribution in [2.45, 2.75) is 58.4 Å². The van der Waals surface area contributed by atoms with Gasteiger partial charge < -0.3 is 10.4 Å². The molecule has 0 aromatic rings. The predicted molar refractivity (Wildman–Crippen MR) is 84.3 cm³/mol. The van der Waals surface area contributed by atoms with Gasteiger partial charge in [0.1, 0.15) is 11.3 Å². The molecule has 0 spiro atoms. The second-order valence-corrected chi connectivity index (χ2v) is 8.84. The van der Waals surface area contributed by atoms with E-state index >= 15 is 0 Å². The van der Waals surface area contributed by atoms with E-state index in [0.717, 1.165) is 19.3 Å². The highest BCUT2D eigenvalue weighted by atomic mass is 32.2. The summed E-state index contributed by atoms with van der Waals surface area (Å²) in [7, 11) is -3.50. The summed E-state index contributed by atoms with van der Waals surface area (Å²) < 4.78 is 23.7. The van der Waals surface area contributed by atoms with Crippen LogP contribution in [0.2, 0.25) is 0 Å². The summed E-state index contributed by atoms with van der Waals surface area (Å²) in [6, 6.07) is 0. The molecule has 7 heteroatoms. The van der Waals surface area contributed by atoms with Gasteiger partial charge in [-0.15, -0.1) is 0 Å². The zero-order valence-corrected chi connectivity index (χ0v) is 14.4. The van der Waals surface area contributed by atoms with Gasteiger partial charge in [0.15, 0.2) is 9.84 Å². The average molecular weight is 333 g/mol. The molecule has 1 fully saturated rings. The van der Waals surface area contributed by atoms with Gasteiger partial charge in [0.05, 0.1) is 5.75 Å². The first-order valence-corrected chi connectivity index (χ1v) is 9.67. The first kappa shape index (κ1) is 18.9. The van der Waals surface area contributed by atoms with Crippen molar-refractivity contribution >= 4 is 21.7 Å². The molecular weight excluding hydrogens is 306 g/mol. The maximum Gasteiger partial charge on any atom is 0.329 e. The molecule has 1 saturated carbocycles. The van der Waals surface area contributed by atoms with E-state index in [9.17, 15) is 23.1 Å². The van der Waals surface area contributed by atoms with Crippen molar-refractivity contribution in [1.29, 1.82) is 0 Å². The summed E-state index contributed by atoms with van der Waals surface area (Å²) in [5.74, 6) is -2.08. The number of carbonyl (C=O) groups is 2. The molecular formula is C15H27NO5S. The highest BCUT2D eigenvalue weighted by molar-refractivity contribution is 7.92. The van der Waals surface area contributed by atoms with Crippen LogP contribution in [0.3, 0.4) is 0 Å². The first-order valence-electron chi connectivity index (χ1n) is 7.85. The maximum atomic E-state index is 12.0. The lowest BCUT2D eigenvalue weighted by Crippen LogP contribution is -2.57. The molecule has 6 nitrogen and oxygen atoms in total. The largest absolute Gasteiger partial charge is 0.480 e. The normalized spacial score (nSPS) is 25.9. The minimum Gasteiger partial charge on any atom is -0.480 e. The zero-order valence-electron chi connectivity index (χ0n) is 13.6. The van der Waals surface area contributed by atoms with Crippen LogP contribution in [0.4, 0.5) is 0 Å². The van der Waals surface area contributed by atoms with E-state index in [1.807, 2.05) is 0 Å². The fourth-order valence-electron chi connectivity index (χ4n) is 3.04. The number of aliphatic carboxylic acids is 1. The predicted octanol–water partition coefficient (Wildman–Crippen LogP) is 1.60. The monoisotopic (exact) mass is 333 g/mol. The van der Waals surface area contributed by atoms with Gasteiger partial charge in [-0.05, 0) is 37.5 Å². The van der Waals surface area contributed by atoms with Crippen LogP contribution in [0.1, 0.15) is 52.9 Å². The molecule has 0 heterocycles. The van der Waals surface area contributed by atoms with Crippen molar-refractivity contribution in [3.8, 4) is 0 Å². The Labute approximate surface area is 132 Å². The lowest BCUT2D eigenvalue weighted by atomic mass is 9.75. The Bertz CT molecular complexity index is 504. The molecule has 0 unspecified atom stereocenters. The van der Waals surface area contributed by atoms with E-state index < -0.39 is 33.0 Å². The van der Waals surface area contributed by atoms with Gasteiger partial charge in [-0.25, -0.2) is 13.2 Å². The standard InChI is InChI=1S/C15H27NO5S/c1-4-12-5-7-15(8-6-12,14(18)19)16-13(17)10-22(20,21)9-11(2)3/h11-12H,4-10H2,1-3H3,(H,16,17)(H,18,19). The molecule has 1 aliphatic rings. The SMILES string of the molecule is CCC1CCC(NC(=O)CS(=O)(=O)CC(C)C)(C(=O)O)CC1. The molecule has 0 radical (unpaired) electrons. The van der Waals surface area contributed by atoms with Crippen molar-refractivity contribution in [2.75, 3.05) is 11.5 Å². The van der Waals surface area contributed by atoms with Gasteiger partial charge in [-0.2, -0.15) is 0 Å².